The fourth-order valence-electron chi connectivity index (χ4n) is 5.58. The van der Waals surface area contributed by atoms with E-state index in [4.69, 9.17) is 27.8 Å². The summed E-state index contributed by atoms with van der Waals surface area (Å²) < 4.78 is 48.2. The third-order valence-corrected chi connectivity index (χ3v) is 8.63. The summed E-state index contributed by atoms with van der Waals surface area (Å²) in [6, 6.07) is 10.0. The number of carbonyl (C=O) groups excluding carboxylic acids is 1. The molecule has 0 amide bonds. The van der Waals surface area contributed by atoms with Gasteiger partial charge in [0.05, 0.1) is 39.1 Å². The van der Waals surface area contributed by atoms with Gasteiger partial charge in [-0.3, -0.25) is 13.8 Å². The molecule has 1 heterocycles. The molecule has 2 unspecified atom stereocenters. The van der Waals surface area contributed by atoms with E-state index in [1.54, 1.807) is 19.9 Å². The SMILES string of the molecule is CCOP(=O)(OCC)OC1=CC(CC2(CC(C)OCc3ccccc3)OCCO2)[C@H]2C(=O)C=CC[C@H]2C1. The van der Waals surface area contributed by atoms with Gasteiger partial charge in [-0.2, -0.15) is 0 Å². The lowest BCUT2D eigenvalue weighted by Crippen LogP contribution is -2.42. The van der Waals surface area contributed by atoms with Crippen molar-refractivity contribution in [1.29, 1.82) is 0 Å². The molecule has 0 spiro atoms. The number of hydrogen-bond acceptors (Lipinski definition) is 8. The van der Waals surface area contributed by atoms with Gasteiger partial charge in [0.25, 0.3) is 0 Å². The van der Waals surface area contributed by atoms with Crippen LogP contribution in [0.15, 0.2) is 54.3 Å². The first-order valence-electron chi connectivity index (χ1n) is 13.3. The quantitative estimate of drug-likeness (QED) is 0.286. The summed E-state index contributed by atoms with van der Waals surface area (Å²) in [4.78, 5) is 13.0. The maximum atomic E-state index is 13.1. The van der Waals surface area contributed by atoms with Gasteiger partial charge < -0.3 is 18.7 Å². The van der Waals surface area contributed by atoms with Crippen LogP contribution < -0.4 is 0 Å². The number of benzene rings is 1. The molecule has 4 atom stereocenters. The Morgan fingerprint density at radius 3 is 2.49 bits per heavy atom. The van der Waals surface area contributed by atoms with Gasteiger partial charge in [-0.15, -0.1) is 0 Å². The number of carbonyl (C=O) groups is 1. The Labute approximate surface area is 219 Å². The summed E-state index contributed by atoms with van der Waals surface area (Å²) in [5.74, 6) is -0.667. The largest absolute Gasteiger partial charge is 0.529 e. The van der Waals surface area contributed by atoms with E-state index in [0.717, 1.165) is 12.0 Å². The first-order chi connectivity index (χ1) is 17.9. The highest BCUT2D eigenvalue weighted by Crippen LogP contribution is 2.54. The molecule has 1 saturated heterocycles. The van der Waals surface area contributed by atoms with Gasteiger partial charge in [-0.1, -0.05) is 36.4 Å². The Morgan fingerprint density at radius 1 is 1.11 bits per heavy atom. The maximum absolute atomic E-state index is 13.1. The third kappa shape index (κ3) is 7.41. The van der Waals surface area contributed by atoms with Crippen LogP contribution in [0.3, 0.4) is 0 Å². The standard InChI is InChI=1S/C28H39O8P/c1-4-34-37(30,35-5-2)36-25-16-23-12-9-13-26(29)27(23)24(17-25)19-28(32-14-15-33-28)18-21(3)31-20-22-10-7-6-8-11-22/h6-11,13,17,21,23-24,27H,4-5,12,14-16,18-20H2,1-3H3/t21?,23-,24?,27-/m0/s1. The van der Waals surface area contributed by atoms with Gasteiger partial charge in [0.15, 0.2) is 11.6 Å². The van der Waals surface area contributed by atoms with E-state index in [2.05, 4.69) is 0 Å². The van der Waals surface area contributed by atoms with Crippen LogP contribution in [0.2, 0.25) is 0 Å². The molecular formula is C28H39O8P. The van der Waals surface area contributed by atoms with E-state index < -0.39 is 13.6 Å². The summed E-state index contributed by atoms with van der Waals surface area (Å²) in [5, 5.41) is 0. The summed E-state index contributed by atoms with van der Waals surface area (Å²) in [6.45, 7) is 7.37. The number of phosphoric acid groups is 1. The van der Waals surface area contributed by atoms with Gasteiger partial charge in [0, 0.05) is 25.2 Å². The van der Waals surface area contributed by atoms with Crippen molar-refractivity contribution >= 4 is 13.6 Å². The molecule has 0 saturated carbocycles. The summed E-state index contributed by atoms with van der Waals surface area (Å²) in [6.07, 6.45) is 7.59. The fraction of sp³-hybridized carbons (Fsp3) is 0.607. The highest BCUT2D eigenvalue weighted by Gasteiger charge is 2.47. The minimum Gasteiger partial charge on any atom is -0.409 e. The Balaban J connectivity index is 1.52. The van der Waals surface area contributed by atoms with Gasteiger partial charge in [-0.25, -0.2) is 4.57 Å². The first-order valence-corrected chi connectivity index (χ1v) is 14.7. The predicted molar refractivity (Wildman–Crippen MR) is 138 cm³/mol. The molecule has 4 rings (SSSR count). The monoisotopic (exact) mass is 534 g/mol. The number of hydrogen-bond donors (Lipinski definition) is 0. The lowest BCUT2D eigenvalue weighted by molar-refractivity contribution is -0.193. The van der Waals surface area contributed by atoms with Crippen molar-refractivity contribution in [1.82, 2.24) is 0 Å². The summed E-state index contributed by atoms with van der Waals surface area (Å²) in [5.41, 5.74) is 1.10. The molecule has 8 nitrogen and oxygen atoms in total. The number of allylic oxidation sites excluding steroid dienone is 4. The lowest BCUT2D eigenvalue weighted by Gasteiger charge is -2.41. The zero-order valence-electron chi connectivity index (χ0n) is 22.0. The van der Waals surface area contributed by atoms with Gasteiger partial charge >= 0.3 is 7.82 Å². The molecule has 1 fully saturated rings. The van der Waals surface area contributed by atoms with Crippen molar-refractivity contribution in [3.8, 4) is 0 Å². The van der Waals surface area contributed by atoms with Crippen molar-refractivity contribution in [2.45, 2.75) is 65.0 Å². The van der Waals surface area contributed by atoms with Crippen LogP contribution in [0.25, 0.3) is 0 Å². The van der Waals surface area contributed by atoms with Crippen LogP contribution in [-0.4, -0.2) is 44.1 Å². The second kappa shape index (κ2) is 12.8. The molecule has 9 heteroatoms. The Bertz CT molecular complexity index is 991. The average molecular weight is 535 g/mol. The molecule has 1 aliphatic heterocycles. The zero-order valence-corrected chi connectivity index (χ0v) is 22.9. The van der Waals surface area contributed by atoms with Crippen LogP contribution in [0.5, 0.6) is 0 Å². The molecule has 3 aliphatic rings. The number of ketones is 1. The number of ether oxygens (including phenoxy) is 3. The van der Waals surface area contributed by atoms with E-state index >= 15 is 0 Å². The average Bonchev–Trinajstić information content (AvgIpc) is 3.31. The molecule has 0 N–H and O–H groups in total. The first kappa shape index (κ1) is 28.2. The lowest BCUT2D eigenvalue weighted by atomic mass is 9.67. The highest BCUT2D eigenvalue weighted by atomic mass is 31.2. The second-order valence-corrected chi connectivity index (χ2v) is 11.4. The fourth-order valence-corrected chi connectivity index (χ4v) is 6.81. The van der Waals surface area contributed by atoms with Crippen molar-refractivity contribution in [2.24, 2.45) is 17.8 Å². The van der Waals surface area contributed by atoms with E-state index in [9.17, 15) is 9.36 Å². The van der Waals surface area contributed by atoms with E-state index in [1.165, 1.54) is 0 Å². The molecule has 37 heavy (non-hydrogen) atoms. The topological polar surface area (TPSA) is 89.5 Å². The van der Waals surface area contributed by atoms with Gasteiger partial charge in [0.2, 0.25) is 0 Å². The van der Waals surface area contributed by atoms with E-state index in [-0.39, 0.29) is 42.9 Å². The van der Waals surface area contributed by atoms with Crippen molar-refractivity contribution in [2.75, 3.05) is 26.4 Å². The van der Waals surface area contributed by atoms with Crippen LogP contribution in [-0.2, 0) is 43.7 Å². The molecule has 0 aromatic heterocycles. The van der Waals surface area contributed by atoms with Crippen LogP contribution in [0.4, 0.5) is 0 Å². The smallest absolute Gasteiger partial charge is 0.409 e. The molecule has 204 valence electrons. The van der Waals surface area contributed by atoms with E-state index in [1.807, 2.05) is 49.4 Å². The van der Waals surface area contributed by atoms with Gasteiger partial charge in [0.1, 0.15) is 5.76 Å². The zero-order chi connectivity index (χ0) is 26.3. The maximum Gasteiger partial charge on any atom is 0.529 e. The Hall–Kier alpha value is -1.80. The van der Waals surface area contributed by atoms with Crippen molar-refractivity contribution < 1.29 is 37.1 Å². The highest BCUT2D eigenvalue weighted by molar-refractivity contribution is 7.48. The third-order valence-electron chi connectivity index (χ3n) is 7.02. The Morgan fingerprint density at radius 2 is 1.81 bits per heavy atom. The van der Waals surface area contributed by atoms with E-state index in [0.29, 0.717) is 44.8 Å². The molecule has 0 bridgehead atoms. The molecule has 0 radical (unpaired) electrons. The molecule has 1 aromatic carbocycles. The number of rotatable bonds is 13. The minimum atomic E-state index is -3.74. The summed E-state index contributed by atoms with van der Waals surface area (Å²) in [7, 11) is -3.74. The second-order valence-electron chi connectivity index (χ2n) is 9.82. The number of fused-ring (bicyclic) bond motifs is 1. The molecular weight excluding hydrogens is 495 g/mol. The predicted octanol–water partition coefficient (Wildman–Crippen LogP) is 5.98. The van der Waals surface area contributed by atoms with Crippen LogP contribution in [0, 0.1) is 17.8 Å². The normalized spacial score (nSPS) is 26.0. The molecule has 1 aromatic rings. The minimum absolute atomic E-state index is 0.0319. The Kier molecular flexibility index (Phi) is 9.79. The summed E-state index contributed by atoms with van der Waals surface area (Å²) >= 11 is 0. The van der Waals surface area contributed by atoms with Crippen molar-refractivity contribution in [3.63, 3.8) is 0 Å². The molecule has 2 aliphatic carbocycles. The van der Waals surface area contributed by atoms with Crippen LogP contribution in [0.1, 0.15) is 52.0 Å². The van der Waals surface area contributed by atoms with Crippen LogP contribution >= 0.6 is 7.82 Å². The number of phosphoric ester groups is 1. The van der Waals surface area contributed by atoms with Crippen molar-refractivity contribution in [3.05, 3.63) is 59.9 Å². The van der Waals surface area contributed by atoms with Gasteiger partial charge in [-0.05, 0) is 56.7 Å².